The number of hydrogen-bond acceptors (Lipinski definition) is 12. The maximum atomic E-state index is 14.1. The van der Waals surface area contributed by atoms with Crippen molar-refractivity contribution in [2.45, 2.75) is 58.9 Å². The van der Waals surface area contributed by atoms with Crippen LogP contribution < -0.4 is 50.4 Å². The number of ether oxygens (including phenoxy) is 4. The Bertz CT molecular complexity index is 2910. The van der Waals surface area contributed by atoms with Gasteiger partial charge in [-0.15, -0.1) is 0 Å². The van der Waals surface area contributed by atoms with Crippen LogP contribution >= 0.6 is 0 Å². The highest BCUT2D eigenvalue weighted by Crippen LogP contribution is 2.43. The molecule has 18 nitrogen and oxygen atoms in total. The number of rotatable bonds is 18. The first-order chi connectivity index (χ1) is 34.3. The molecule has 8 rings (SSSR count). The number of carbonyl (C=O) groups is 6. The molecule has 71 heavy (non-hydrogen) atoms. The van der Waals surface area contributed by atoms with E-state index in [0.29, 0.717) is 75.3 Å². The van der Waals surface area contributed by atoms with Crippen LogP contribution in [0.2, 0.25) is 0 Å². The Morgan fingerprint density at radius 2 is 1.42 bits per heavy atom. The molecule has 6 amide bonds. The van der Waals surface area contributed by atoms with E-state index in [2.05, 4.69) is 33.2 Å². The number of hydrogen-bond donors (Lipinski definition) is 5. The van der Waals surface area contributed by atoms with Gasteiger partial charge in [-0.05, 0) is 78.1 Å². The molecule has 0 fully saturated rings. The molecule has 2 atom stereocenters. The number of anilines is 3. The maximum absolute atomic E-state index is 14.1. The van der Waals surface area contributed by atoms with E-state index in [1.54, 1.807) is 67.4 Å². The number of allylic oxidation sites excluding steroid dienone is 3. The van der Waals surface area contributed by atoms with Crippen LogP contribution in [-0.4, -0.2) is 99.0 Å². The normalized spacial score (nSPS) is 16.4. The molecule has 4 aliphatic heterocycles. The van der Waals surface area contributed by atoms with E-state index in [4.69, 9.17) is 23.9 Å². The van der Waals surface area contributed by atoms with Crippen molar-refractivity contribution in [2.75, 3.05) is 55.9 Å². The van der Waals surface area contributed by atoms with Gasteiger partial charge in [0.1, 0.15) is 13.2 Å². The molecule has 0 radical (unpaired) electrons. The monoisotopic (exact) mass is 964 g/mol. The molecule has 0 aromatic heterocycles. The third-order valence-corrected chi connectivity index (χ3v) is 12.3. The van der Waals surface area contributed by atoms with Crippen molar-refractivity contribution < 1.29 is 47.7 Å². The summed E-state index contributed by atoms with van der Waals surface area (Å²) in [4.78, 5) is 86.2. The Kier molecular flexibility index (Phi) is 14.8. The van der Waals surface area contributed by atoms with Crippen molar-refractivity contribution in [3.8, 4) is 23.0 Å². The Morgan fingerprint density at radius 3 is 2.08 bits per heavy atom. The van der Waals surface area contributed by atoms with Gasteiger partial charge >= 0.3 is 0 Å². The minimum atomic E-state index is -0.617. The molecule has 18 heteroatoms. The number of carbonyl (C=O) groups excluding carboxylic acids is 6. The minimum absolute atomic E-state index is 0.0104. The van der Waals surface area contributed by atoms with E-state index in [1.807, 2.05) is 54.3 Å². The van der Waals surface area contributed by atoms with Crippen LogP contribution in [0.3, 0.4) is 0 Å². The highest BCUT2D eigenvalue weighted by Gasteiger charge is 2.39. The zero-order chi connectivity index (χ0) is 50.3. The van der Waals surface area contributed by atoms with E-state index in [0.717, 1.165) is 28.9 Å². The van der Waals surface area contributed by atoms with Crippen LogP contribution in [0, 0.1) is 5.92 Å². The average Bonchev–Trinajstić information content (AvgIpc) is 3.84. The van der Waals surface area contributed by atoms with Gasteiger partial charge in [0, 0.05) is 54.3 Å². The molecule has 4 heterocycles. The lowest BCUT2D eigenvalue weighted by Gasteiger charge is -2.23. The second kappa shape index (κ2) is 21.5. The lowest BCUT2D eigenvalue weighted by Crippen LogP contribution is -2.44. The minimum Gasteiger partial charge on any atom is -0.493 e. The number of fused-ring (bicyclic) bond motifs is 6. The molecular weight excluding hydrogens is 909 g/mol. The zero-order valence-electron chi connectivity index (χ0n) is 40.2. The number of amides is 6. The lowest BCUT2D eigenvalue weighted by molar-refractivity contribution is -0.129. The summed E-state index contributed by atoms with van der Waals surface area (Å²) in [5.74, 6) is -1.41. The predicted molar refractivity (Wildman–Crippen MR) is 268 cm³/mol. The van der Waals surface area contributed by atoms with Crippen molar-refractivity contribution in [2.24, 2.45) is 10.9 Å². The van der Waals surface area contributed by atoms with Crippen LogP contribution in [0.5, 0.6) is 23.0 Å². The Balaban J connectivity index is 1.01. The number of nitrogens with zero attached hydrogens (tertiary/aromatic N) is 3. The van der Waals surface area contributed by atoms with Gasteiger partial charge in [-0.2, -0.15) is 0 Å². The molecule has 0 bridgehead atoms. The fourth-order valence-electron chi connectivity index (χ4n) is 8.91. The van der Waals surface area contributed by atoms with Gasteiger partial charge in [0.05, 0.1) is 68.4 Å². The summed E-state index contributed by atoms with van der Waals surface area (Å²) in [5, 5.41) is 13.6. The second-order valence-electron chi connectivity index (χ2n) is 17.5. The van der Waals surface area contributed by atoms with Gasteiger partial charge in [0.2, 0.25) is 23.6 Å². The van der Waals surface area contributed by atoms with Crippen molar-refractivity contribution in [3.63, 3.8) is 0 Å². The predicted octanol–water partition coefficient (Wildman–Crippen LogP) is 5.75. The number of para-hydroxylation sites is 1. The van der Waals surface area contributed by atoms with Crippen LogP contribution in [0.15, 0.2) is 108 Å². The lowest BCUT2D eigenvalue weighted by atomic mass is 10.1. The van der Waals surface area contributed by atoms with Gasteiger partial charge in [-0.3, -0.25) is 38.7 Å². The molecule has 0 spiro atoms. The topological polar surface area (TPSA) is 218 Å². The first-order valence-electron chi connectivity index (χ1n) is 23.2. The number of nitrogens with one attached hydrogen (secondary N) is 5. The quantitative estimate of drug-likeness (QED) is 0.0809. The Labute approximate surface area is 411 Å². The Morgan fingerprint density at radius 1 is 0.789 bits per heavy atom. The van der Waals surface area contributed by atoms with Gasteiger partial charge in [0.25, 0.3) is 11.8 Å². The first-order valence-corrected chi connectivity index (χ1v) is 23.2. The molecule has 0 saturated heterocycles. The first kappa shape index (κ1) is 49.0. The molecule has 4 aromatic carbocycles. The molecule has 0 saturated carbocycles. The highest BCUT2D eigenvalue weighted by atomic mass is 16.5. The third-order valence-electron chi connectivity index (χ3n) is 12.3. The van der Waals surface area contributed by atoms with E-state index in [9.17, 15) is 28.8 Å². The fourth-order valence-corrected chi connectivity index (χ4v) is 8.91. The van der Waals surface area contributed by atoms with E-state index in [1.165, 1.54) is 14.2 Å². The number of benzene rings is 4. The van der Waals surface area contributed by atoms with Crippen molar-refractivity contribution in [1.82, 2.24) is 20.9 Å². The molecule has 368 valence electrons. The average molecular weight is 965 g/mol. The van der Waals surface area contributed by atoms with E-state index >= 15 is 0 Å². The molecular formula is C53H56N8O10. The van der Waals surface area contributed by atoms with Crippen LogP contribution in [0.4, 0.5) is 22.7 Å². The van der Waals surface area contributed by atoms with Crippen molar-refractivity contribution in [1.29, 1.82) is 0 Å². The Hall–Kier alpha value is -8.41. The van der Waals surface area contributed by atoms with Crippen LogP contribution in [0.1, 0.15) is 64.6 Å². The van der Waals surface area contributed by atoms with Crippen molar-refractivity contribution >= 4 is 64.4 Å². The zero-order valence-corrected chi connectivity index (χ0v) is 40.2. The van der Waals surface area contributed by atoms with Gasteiger partial charge in [0.15, 0.2) is 23.0 Å². The summed E-state index contributed by atoms with van der Waals surface area (Å²) in [5.41, 5.74) is 7.08. The third kappa shape index (κ3) is 10.8. The summed E-state index contributed by atoms with van der Waals surface area (Å²) >= 11 is 0. The summed E-state index contributed by atoms with van der Waals surface area (Å²) in [6.07, 6.45) is 8.65. The maximum Gasteiger partial charge on any atom is 0.261 e. The molecule has 0 aliphatic carbocycles. The standard InChI is InChI=1S/C53H56N8O10/c1-7-11-33-17-36-23-54-40-21-46(44(68-5)19-38(40)52(66)60(36)42(33)8-2)70-28-31-14-32(16-35(15-31)59-50(64)27-57-48(62)25-56-49(63)26-58-51(65)30(3)4)29-71-47-22-41-39(20-45(47)69-6)53(67)61-37(24-55-41)18-34-12-9-10-13-43(34)61/h7-16,19-23,30,36-37,55H,2,17-18,24-29H2,1,3-6H3,(H,56,63)(H,57,62)(H,58,65)(H,59,64)/b11-7-/t36-,37-/m0/s1. The number of methoxy groups -OCH3 is 2. The van der Waals surface area contributed by atoms with Crippen molar-refractivity contribution in [3.05, 3.63) is 131 Å². The largest absolute Gasteiger partial charge is 0.493 e. The fraction of sp³-hybridized carbons (Fsp3) is 0.302. The summed E-state index contributed by atoms with van der Waals surface area (Å²) in [7, 11) is 2.98. The summed E-state index contributed by atoms with van der Waals surface area (Å²) < 4.78 is 24.3. The second-order valence-corrected chi connectivity index (χ2v) is 17.5. The van der Waals surface area contributed by atoms with E-state index < -0.39 is 30.8 Å². The highest BCUT2D eigenvalue weighted by molar-refractivity contribution is 6.12. The smallest absolute Gasteiger partial charge is 0.261 e. The molecule has 5 N–H and O–H groups in total. The van der Waals surface area contributed by atoms with Gasteiger partial charge in [-0.1, -0.05) is 50.8 Å². The van der Waals surface area contributed by atoms with Crippen LogP contribution in [0.25, 0.3) is 0 Å². The summed E-state index contributed by atoms with van der Waals surface area (Å²) in [6, 6.07) is 19.5. The summed E-state index contributed by atoms with van der Waals surface area (Å²) in [6.45, 7) is 8.64. The SMILES string of the molecule is C=CC1=C(/C=C\C)C[C@H]2C=Nc3cc(OCc4cc(COc5cc6c(cc5OC)C(=O)N5c7ccccc7C[C@H]5CN6)cc(NC(=O)CNC(=O)CNC(=O)CNC(=O)C(C)C)c4)c(OC)cc3C(=O)N12. The molecule has 0 unspecified atom stereocenters. The van der Waals surface area contributed by atoms with E-state index in [-0.39, 0.29) is 55.5 Å². The van der Waals surface area contributed by atoms with Gasteiger partial charge in [-0.25, -0.2) is 0 Å². The number of aliphatic imine (C=N–C) groups is 1. The van der Waals surface area contributed by atoms with Crippen LogP contribution in [-0.2, 0) is 38.8 Å². The molecule has 4 aromatic rings. The molecule has 4 aliphatic rings. The van der Waals surface area contributed by atoms with Gasteiger partial charge < -0.3 is 50.4 Å².